The number of carbonyl (C=O) groups excluding carboxylic acids is 1. The van der Waals surface area contributed by atoms with Gasteiger partial charge in [0.1, 0.15) is 0 Å². The first kappa shape index (κ1) is 8.46. The van der Waals surface area contributed by atoms with Crippen LogP contribution >= 0.6 is 0 Å². The third kappa shape index (κ3) is 2.15. The summed E-state index contributed by atoms with van der Waals surface area (Å²) in [5.74, 6) is -0.0725. The number of hydrogen-bond acceptors (Lipinski definition) is 3. The highest BCUT2D eigenvalue weighted by molar-refractivity contribution is 7.94. The van der Waals surface area contributed by atoms with Crippen molar-refractivity contribution in [3.63, 3.8) is 0 Å². The van der Waals surface area contributed by atoms with E-state index in [2.05, 4.69) is 0 Å². The molecular weight excluding hydrogens is 164 g/mol. The fourth-order valence-corrected chi connectivity index (χ4v) is 1.91. The van der Waals surface area contributed by atoms with Crippen molar-refractivity contribution in [2.24, 2.45) is 0 Å². The molecule has 3 nitrogen and oxygen atoms in total. The third-order valence-electron chi connectivity index (χ3n) is 1.64. The van der Waals surface area contributed by atoms with Crippen LogP contribution < -0.4 is 0 Å². The van der Waals surface area contributed by atoms with Gasteiger partial charge in [0, 0.05) is 17.6 Å². The van der Waals surface area contributed by atoms with Gasteiger partial charge in [-0.2, -0.15) is 0 Å². The highest BCUT2D eigenvalue weighted by atomic mass is 32.2. The van der Waals surface area contributed by atoms with Crippen molar-refractivity contribution in [2.75, 3.05) is 6.26 Å². The first-order valence-corrected chi connectivity index (χ1v) is 5.33. The highest BCUT2D eigenvalue weighted by Crippen LogP contribution is 2.19. The molecule has 0 bridgehead atoms. The van der Waals surface area contributed by atoms with Gasteiger partial charge < -0.3 is 0 Å². The van der Waals surface area contributed by atoms with Gasteiger partial charge in [0.05, 0.1) is 0 Å². The van der Waals surface area contributed by atoms with Crippen LogP contribution in [-0.2, 0) is 14.6 Å². The molecule has 0 spiro atoms. The minimum Gasteiger partial charge on any atom is -0.295 e. The van der Waals surface area contributed by atoms with Crippen LogP contribution in [0.4, 0.5) is 0 Å². The summed E-state index contributed by atoms with van der Waals surface area (Å²) in [5, 5.41) is 0. The minimum absolute atomic E-state index is 0.0725. The second-order valence-corrected chi connectivity index (χ2v) is 4.77. The van der Waals surface area contributed by atoms with Crippen LogP contribution in [0.15, 0.2) is 11.0 Å². The van der Waals surface area contributed by atoms with E-state index in [-0.39, 0.29) is 10.7 Å². The van der Waals surface area contributed by atoms with Crippen LogP contribution in [0, 0.1) is 0 Å². The molecule has 62 valence electrons. The topological polar surface area (TPSA) is 51.2 Å². The molecule has 0 unspecified atom stereocenters. The highest BCUT2D eigenvalue weighted by Gasteiger charge is 2.17. The molecule has 0 fully saturated rings. The maximum Gasteiger partial charge on any atom is 0.171 e. The van der Waals surface area contributed by atoms with Gasteiger partial charge in [-0.1, -0.05) is 0 Å². The Morgan fingerprint density at radius 1 is 1.36 bits per heavy atom. The summed E-state index contributed by atoms with van der Waals surface area (Å²) >= 11 is 0. The number of ketones is 1. The third-order valence-corrected chi connectivity index (χ3v) is 2.92. The van der Waals surface area contributed by atoms with E-state index in [9.17, 15) is 13.2 Å². The van der Waals surface area contributed by atoms with Crippen molar-refractivity contribution in [1.82, 2.24) is 0 Å². The second kappa shape index (κ2) is 2.77. The maximum atomic E-state index is 10.9. The predicted molar refractivity (Wildman–Crippen MR) is 41.8 cm³/mol. The van der Waals surface area contributed by atoms with Gasteiger partial charge in [-0.05, 0) is 18.9 Å². The lowest BCUT2D eigenvalue weighted by Crippen LogP contribution is -2.09. The van der Waals surface area contributed by atoms with Crippen LogP contribution in [0.2, 0.25) is 0 Å². The van der Waals surface area contributed by atoms with E-state index in [1.165, 1.54) is 6.08 Å². The lowest BCUT2D eigenvalue weighted by atomic mass is 10.1. The Balaban J connectivity index is 2.98. The van der Waals surface area contributed by atoms with E-state index in [4.69, 9.17) is 0 Å². The Morgan fingerprint density at radius 2 is 2.00 bits per heavy atom. The van der Waals surface area contributed by atoms with Gasteiger partial charge in [-0.25, -0.2) is 8.42 Å². The monoisotopic (exact) mass is 174 g/mol. The maximum absolute atomic E-state index is 10.9. The van der Waals surface area contributed by atoms with Crippen molar-refractivity contribution >= 4 is 15.6 Å². The largest absolute Gasteiger partial charge is 0.295 e. The SMILES string of the molecule is CS(=O)(=O)C1=CC(=O)CCC1. The molecule has 4 heteroatoms. The zero-order valence-corrected chi connectivity index (χ0v) is 7.15. The fraction of sp³-hybridized carbons (Fsp3) is 0.571. The van der Waals surface area contributed by atoms with Gasteiger partial charge in [-0.15, -0.1) is 0 Å². The molecule has 0 saturated carbocycles. The van der Waals surface area contributed by atoms with E-state index in [0.717, 1.165) is 6.26 Å². The van der Waals surface area contributed by atoms with Crippen LogP contribution in [0.25, 0.3) is 0 Å². The Labute approximate surface area is 66.0 Å². The zero-order chi connectivity index (χ0) is 8.48. The Kier molecular flexibility index (Phi) is 2.13. The average molecular weight is 174 g/mol. The number of rotatable bonds is 1. The fourth-order valence-electron chi connectivity index (χ4n) is 1.05. The first-order chi connectivity index (χ1) is 5.00. The van der Waals surface area contributed by atoms with Crippen molar-refractivity contribution in [2.45, 2.75) is 19.3 Å². The quantitative estimate of drug-likeness (QED) is 0.587. The summed E-state index contributed by atoms with van der Waals surface area (Å²) in [6, 6.07) is 0. The Bertz CT molecular complexity index is 298. The molecular formula is C7H10O3S. The van der Waals surface area contributed by atoms with Gasteiger partial charge in [0.15, 0.2) is 15.6 Å². The van der Waals surface area contributed by atoms with Crippen LogP contribution in [0.3, 0.4) is 0 Å². The number of allylic oxidation sites excluding steroid dienone is 2. The average Bonchev–Trinajstić information content (AvgIpc) is 1.86. The van der Waals surface area contributed by atoms with E-state index in [0.29, 0.717) is 19.3 Å². The van der Waals surface area contributed by atoms with E-state index in [1.54, 1.807) is 0 Å². The van der Waals surface area contributed by atoms with Gasteiger partial charge in [0.25, 0.3) is 0 Å². The van der Waals surface area contributed by atoms with Crippen LogP contribution in [0.5, 0.6) is 0 Å². The van der Waals surface area contributed by atoms with Gasteiger partial charge >= 0.3 is 0 Å². The standard InChI is InChI=1S/C7H10O3S/c1-11(9,10)7-4-2-3-6(8)5-7/h5H,2-4H2,1H3. The normalized spacial score (nSPS) is 19.7. The lowest BCUT2D eigenvalue weighted by molar-refractivity contribution is -0.115. The molecule has 0 amide bonds. The predicted octanol–water partition coefficient (Wildman–Crippen LogP) is 0.668. The molecule has 0 aromatic rings. The van der Waals surface area contributed by atoms with Crippen molar-refractivity contribution in [3.8, 4) is 0 Å². The molecule has 11 heavy (non-hydrogen) atoms. The summed E-state index contributed by atoms with van der Waals surface area (Å²) in [4.78, 5) is 11.1. The van der Waals surface area contributed by atoms with Crippen LogP contribution in [-0.4, -0.2) is 20.5 Å². The van der Waals surface area contributed by atoms with Crippen molar-refractivity contribution in [1.29, 1.82) is 0 Å². The lowest BCUT2D eigenvalue weighted by Gasteiger charge is -2.08. The molecule has 0 radical (unpaired) electrons. The summed E-state index contributed by atoms with van der Waals surface area (Å²) < 4.78 is 21.8. The van der Waals surface area contributed by atoms with E-state index in [1.807, 2.05) is 0 Å². The minimum atomic E-state index is -3.12. The smallest absolute Gasteiger partial charge is 0.171 e. The second-order valence-electron chi connectivity index (χ2n) is 2.70. The summed E-state index contributed by atoms with van der Waals surface area (Å²) in [7, 11) is -3.12. The molecule has 0 aliphatic heterocycles. The van der Waals surface area contributed by atoms with E-state index < -0.39 is 9.84 Å². The Hall–Kier alpha value is -0.640. The van der Waals surface area contributed by atoms with Gasteiger partial charge in [0.2, 0.25) is 0 Å². The van der Waals surface area contributed by atoms with Crippen molar-refractivity contribution in [3.05, 3.63) is 11.0 Å². The number of hydrogen-bond donors (Lipinski definition) is 0. The molecule has 0 N–H and O–H groups in total. The molecule has 1 rings (SSSR count). The molecule has 0 aromatic carbocycles. The molecule has 0 atom stereocenters. The number of carbonyl (C=O) groups is 1. The van der Waals surface area contributed by atoms with Gasteiger partial charge in [-0.3, -0.25) is 4.79 Å². The zero-order valence-electron chi connectivity index (χ0n) is 6.33. The molecule has 0 saturated heterocycles. The molecule has 0 aromatic heterocycles. The Morgan fingerprint density at radius 3 is 2.36 bits per heavy atom. The summed E-state index contributed by atoms with van der Waals surface area (Å²) in [5.41, 5.74) is 0. The van der Waals surface area contributed by atoms with Crippen molar-refractivity contribution < 1.29 is 13.2 Å². The van der Waals surface area contributed by atoms with Crippen LogP contribution in [0.1, 0.15) is 19.3 Å². The van der Waals surface area contributed by atoms with E-state index >= 15 is 0 Å². The molecule has 1 aliphatic carbocycles. The number of sulfone groups is 1. The molecule has 0 heterocycles. The molecule has 1 aliphatic rings. The first-order valence-electron chi connectivity index (χ1n) is 3.43. The summed E-state index contributed by atoms with van der Waals surface area (Å²) in [6.45, 7) is 0. The summed E-state index contributed by atoms with van der Waals surface area (Å²) in [6.07, 6.45) is 4.05.